The second-order valence-corrected chi connectivity index (χ2v) is 3.18. The topological polar surface area (TPSA) is 81.2 Å². The van der Waals surface area contributed by atoms with Crippen molar-refractivity contribution < 1.29 is 9.47 Å². The number of rotatable bonds is 5. The standard InChI is InChI=1S/C10H15N3O2/c1-7(6-14-2)15-8-3-4-9(10(11)12)13-5-8/h3-5,7H,6H2,1-2H3,(H3,11,12). The van der Waals surface area contributed by atoms with Gasteiger partial charge < -0.3 is 15.2 Å². The molecule has 15 heavy (non-hydrogen) atoms. The summed E-state index contributed by atoms with van der Waals surface area (Å²) in [6, 6.07) is 3.38. The third kappa shape index (κ3) is 3.55. The lowest BCUT2D eigenvalue weighted by molar-refractivity contribution is 0.0918. The average Bonchev–Trinajstić information content (AvgIpc) is 2.18. The van der Waals surface area contributed by atoms with Gasteiger partial charge in [-0.1, -0.05) is 0 Å². The SMILES string of the molecule is COCC(C)Oc1ccc(C(=N)N)nc1. The monoisotopic (exact) mass is 209 g/mol. The fourth-order valence-corrected chi connectivity index (χ4v) is 1.11. The van der Waals surface area contributed by atoms with Crippen LogP contribution in [0.2, 0.25) is 0 Å². The first-order valence-corrected chi connectivity index (χ1v) is 4.59. The van der Waals surface area contributed by atoms with Crippen LogP contribution in [0.15, 0.2) is 18.3 Å². The van der Waals surface area contributed by atoms with Crippen molar-refractivity contribution in [2.24, 2.45) is 5.73 Å². The fourth-order valence-electron chi connectivity index (χ4n) is 1.11. The maximum Gasteiger partial charge on any atom is 0.141 e. The van der Waals surface area contributed by atoms with E-state index in [1.165, 1.54) is 0 Å². The number of nitrogens with two attached hydrogens (primary N) is 1. The molecule has 0 aliphatic heterocycles. The van der Waals surface area contributed by atoms with Gasteiger partial charge in [0.15, 0.2) is 0 Å². The van der Waals surface area contributed by atoms with Crippen LogP contribution < -0.4 is 10.5 Å². The van der Waals surface area contributed by atoms with Crippen LogP contribution in [-0.4, -0.2) is 30.6 Å². The Labute approximate surface area is 88.7 Å². The number of methoxy groups -OCH3 is 1. The summed E-state index contributed by atoms with van der Waals surface area (Å²) in [6.07, 6.45) is 1.52. The molecule has 5 nitrogen and oxygen atoms in total. The van der Waals surface area contributed by atoms with Crippen molar-refractivity contribution in [3.8, 4) is 5.75 Å². The molecule has 0 saturated carbocycles. The first-order chi connectivity index (χ1) is 7.13. The molecule has 1 aromatic heterocycles. The van der Waals surface area contributed by atoms with Crippen molar-refractivity contribution in [2.45, 2.75) is 13.0 Å². The highest BCUT2D eigenvalue weighted by Crippen LogP contribution is 2.11. The second kappa shape index (κ2) is 5.31. The molecule has 0 fully saturated rings. The lowest BCUT2D eigenvalue weighted by Crippen LogP contribution is -2.18. The molecule has 0 bridgehead atoms. The largest absolute Gasteiger partial charge is 0.487 e. The zero-order valence-electron chi connectivity index (χ0n) is 8.86. The van der Waals surface area contributed by atoms with E-state index < -0.39 is 0 Å². The predicted octanol–water partition coefficient (Wildman–Crippen LogP) is 0.779. The summed E-state index contributed by atoms with van der Waals surface area (Å²) in [7, 11) is 1.62. The smallest absolute Gasteiger partial charge is 0.141 e. The molecule has 0 radical (unpaired) electrons. The Hall–Kier alpha value is -1.62. The number of pyridine rings is 1. The molecule has 1 unspecified atom stereocenters. The van der Waals surface area contributed by atoms with Crippen LogP contribution >= 0.6 is 0 Å². The van der Waals surface area contributed by atoms with Crippen LogP contribution in [0.25, 0.3) is 0 Å². The summed E-state index contributed by atoms with van der Waals surface area (Å²) in [4.78, 5) is 3.98. The van der Waals surface area contributed by atoms with Gasteiger partial charge in [0.25, 0.3) is 0 Å². The van der Waals surface area contributed by atoms with Gasteiger partial charge in [-0.15, -0.1) is 0 Å². The molecular formula is C10H15N3O2. The zero-order valence-corrected chi connectivity index (χ0v) is 8.86. The van der Waals surface area contributed by atoms with Crippen molar-refractivity contribution in [3.63, 3.8) is 0 Å². The van der Waals surface area contributed by atoms with Gasteiger partial charge in [0.2, 0.25) is 0 Å². The molecule has 0 amide bonds. The van der Waals surface area contributed by atoms with Crippen LogP contribution in [0, 0.1) is 5.41 Å². The molecule has 82 valence electrons. The Morgan fingerprint density at radius 2 is 2.33 bits per heavy atom. The molecular weight excluding hydrogens is 194 g/mol. The van der Waals surface area contributed by atoms with E-state index in [9.17, 15) is 0 Å². The van der Waals surface area contributed by atoms with Crippen molar-refractivity contribution >= 4 is 5.84 Å². The second-order valence-electron chi connectivity index (χ2n) is 3.18. The number of amidine groups is 1. The normalized spacial score (nSPS) is 12.1. The molecule has 0 aromatic carbocycles. The van der Waals surface area contributed by atoms with E-state index in [1.54, 1.807) is 25.4 Å². The summed E-state index contributed by atoms with van der Waals surface area (Å²) in [5.74, 6) is 0.594. The summed E-state index contributed by atoms with van der Waals surface area (Å²) in [5, 5.41) is 7.17. The summed E-state index contributed by atoms with van der Waals surface area (Å²) in [6.45, 7) is 2.43. The highest BCUT2D eigenvalue weighted by Gasteiger charge is 2.04. The van der Waals surface area contributed by atoms with Crippen LogP contribution in [0.5, 0.6) is 5.75 Å². The first kappa shape index (κ1) is 11.5. The van der Waals surface area contributed by atoms with Gasteiger partial charge >= 0.3 is 0 Å². The number of ether oxygens (including phenoxy) is 2. The van der Waals surface area contributed by atoms with Gasteiger partial charge in [0.1, 0.15) is 23.4 Å². The molecule has 1 heterocycles. The Kier molecular flexibility index (Phi) is 4.05. The number of hydrogen-bond acceptors (Lipinski definition) is 4. The maximum atomic E-state index is 7.17. The van der Waals surface area contributed by atoms with Gasteiger partial charge in [-0.05, 0) is 19.1 Å². The van der Waals surface area contributed by atoms with Crippen LogP contribution in [0.4, 0.5) is 0 Å². The van der Waals surface area contributed by atoms with Crippen molar-refractivity contribution in [3.05, 3.63) is 24.0 Å². The molecule has 1 rings (SSSR count). The van der Waals surface area contributed by atoms with E-state index in [4.69, 9.17) is 20.6 Å². The number of hydrogen-bond donors (Lipinski definition) is 2. The Morgan fingerprint density at radius 1 is 1.60 bits per heavy atom. The highest BCUT2D eigenvalue weighted by atomic mass is 16.5. The minimum absolute atomic E-state index is 0.0278. The third-order valence-corrected chi connectivity index (χ3v) is 1.75. The van der Waals surface area contributed by atoms with E-state index >= 15 is 0 Å². The van der Waals surface area contributed by atoms with Gasteiger partial charge in [0, 0.05) is 7.11 Å². The average molecular weight is 209 g/mol. The fraction of sp³-hybridized carbons (Fsp3) is 0.400. The van der Waals surface area contributed by atoms with Gasteiger partial charge in [-0.3, -0.25) is 5.41 Å². The highest BCUT2D eigenvalue weighted by molar-refractivity contribution is 5.92. The Morgan fingerprint density at radius 3 is 2.80 bits per heavy atom. The lowest BCUT2D eigenvalue weighted by Gasteiger charge is -2.13. The maximum absolute atomic E-state index is 7.17. The minimum Gasteiger partial charge on any atom is -0.487 e. The van der Waals surface area contributed by atoms with Crippen LogP contribution in [0.1, 0.15) is 12.6 Å². The number of nitrogen functional groups attached to an aromatic ring is 1. The van der Waals surface area contributed by atoms with Crippen molar-refractivity contribution in [1.29, 1.82) is 5.41 Å². The minimum atomic E-state index is -0.0495. The van der Waals surface area contributed by atoms with Crippen molar-refractivity contribution in [1.82, 2.24) is 4.98 Å². The molecule has 0 aliphatic carbocycles. The summed E-state index contributed by atoms with van der Waals surface area (Å²) >= 11 is 0. The van der Waals surface area contributed by atoms with E-state index in [2.05, 4.69) is 4.98 Å². The zero-order chi connectivity index (χ0) is 11.3. The van der Waals surface area contributed by atoms with Crippen LogP contribution in [0.3, 0.4) is 0 Å². The predicted molar refractivity (Wildman–Crippen MR) is 57.2 cm³/mol. The van der Waals surface area contributed by atoms with E-state index in [-0.39, 0.29) is 11.9 Å². The third-order valence-electron chi connectivity index (χ3n) is 1.75. The molecule has 0 spiro atoms. The van der Waals surface area contributed by atoms with E-state index in [0.717, 1.165) is 0 Å². The Balaban J connectivity index is 2.60. The summed E-state index contributed by atoms with van der Waals surface area (Å²) < 4.78 is 10.4. The number of nitrogens with zero attached hydrogens (tertiary/aromatic N) is 1. The quantitative estimate of drug-likeness (QED) is 0.554. The van der Waals surface area contributed by atoms with E-state index in [0.29, 0.717) is 18.1 Å². The number of nitrogens with one attached hydrogen (secondary N) is 1. The van der Waals surface area contributed by atoms with E-state index in [1.807, 2.05) is 6.92 Å². The summed E-state index contributed by atoms with van der Waals surface area (Å²) in [5.41, 5.74) is 5.72. The van der Waals surface area contributed by atoms with Gasteiger partial charge in [0.05, 0.1) is 12.8 Å². The Bertz CT molecular complexity index is 324. The van der Waals surface area contributed by atoms with Crippen molar-refractivity contribution in [2.75, 3.05) is 13.7 Å². The first-order valence-electron chi connectivity index (χ1n) is 4.59. The lowest BCUT2D eigenvalue weighted by atomic mass is 10.3. The van der Waals surface area contributed by atoms with Gasteiger partial charge in [-0.2, -0.15) is 0 Å². The molecule has 0 aliphatic rings. The molecule has 3 N–H and O–H groups in total. The van der Waals surface area contributed by atoms with Crippen LogP contribution in [-0.2, 0) is 4.74 Å². The molecule has 5 heteroatoms. The molecule has 0 saturated heterocycles. The number of aromatic nitrogens is 1. The van der Waals surface area contributed by atoms with Gasteiger partial charge in [-0.25, -0.2) is 4.98 Å². The molecule has 1 aromatic rings. The molecule has 1 atom stereocenters.